The number of hydrogen-bond acceptors (Lipinski definition) is 1. The van der Waals surface area contributed by atoms with Gasteiger partial charge in [-0.05, 0) is 30.7 Å². The summed E-state index contributed by atoms with van der Waals surface area (Å²) in [6, 6.07) is 7.00. The Morgan fingerprint density at radius 2 is 2.00 bits per heavy atom. The van der Waals surface area contributed by atoms with Gasteiger partial charge in [-0.2, -0.15) is 0 Å². The van der Waals surface area contributed by atoms with Gasteiger partial charge in [0.25, 0.3) is 0 Å². The Labute approximate surface area is 84.1 Å². The van der Waals surface area contributed by atoms with E-state index in [1.807, 2.05) is 12.1 Å². The second kappa shape index (κ2) is 5.08. The van der Waals surface area contributed by atoms with Gasteiger partial charge in [0.15, 0.2) is 0 Å². The van der Waals surface area contributed by atoms with Crippen molar-refractivity contribution in [3.05, 3.63) is 35.4 Å². The lowest BCUT2D eigenvalue weighted by molar-refractivity contribution is 0.100. The van der Waals surface area contributed by atoms with Crippen LogP contribution in [0.5, 0.6) is 0 Å². The number of primary amides is 1. The minimum absolute atomic E-state index is 0.405. The highest BCUT2D eigenvalue weighted by Gasteiger charge is 1.97. The Bertz CT molecular complexity index is 368. The molecule has 0 heterocycles. The lowest BCUT2D eigenvalue weighted by Gasteiger charge is -1.94. The quantitative estimate of drug-likeness (QED) is 0.706. The molecule has 2 heteroatoms. The van der Waals surface area contributed by atoms with Crippen LogP contribution in [0, 0.1) is 11.8 Å². The van der Waals surface area contributed by atoms with E-state index in [1.54, 1.807) is 12.1 Å². The summed E-state index contributed by atoms with van der Waals surface area (Å²) in [5.41, 5.74) is 6.55. The average Bonchev–Trinajstić information content (AvgIpc) is 2.19. The van der Waals surface area contributed by atoms with Crippen LogP contribution in [0.4, 0.5) is 0 Å². The second-order valence-corrected chi connectivity index (χ2v) is 2.99. The normalized spacial score (nSPS) is 8.93. The highest BCUT2D eigenvalue weighted by Crippen LogP contribution is 2.02. The molecule has 0 fully saturated rings. The second-order valence-electron chi connectivity index (χ2n) is 2.99. The van der Waals surface area contributed by atoms with Crippen molar-refractivity contribution in [1.29, 1.82) is 0 Å². The zero-order valence-electron chi connectivity index (χ0n) is 8.21. The van der Waals surface area contributed by atoms with E-state index in [1.165, 1.54) is 0 Å². The molecule has 0 bridgehead atoms. The smallest absolute Gasteiger partial charge is 0.248 e. The Morgan fingerprint density at radius 1 is 1.36 bits per heavy atom. The Balaban J connectivity index is 2.75. The predicted molar refractivity (Wildman–Crippen MR) is 56.7 cm³/mol. The topological polar surface area (TPSA) is 43.1 Å². The summed E-state index contributed by atoms with van der Waals surface area (Å²) in [6.07, 6.45) is 1.96. The molecule has 1 aromatic rings. The van der Waals surface area contributed by atoms with E-state index in [0.717, 1.165) is 18.4 Å². The largest absolute Gasteiger partial charge is 0.366 e. The molecule has 0 spiro atoms. The van der Waals surface area contributed by atoms with Crippen LogP contribution in [0.25, 0.3) is 0 Å². The van der Waals surface area contributed by atoms with Crippen molar-refractivity contribution in [2.75, 3.05) is 0 Å². The number of carbonyl (C=O) groups excluding carboxylic acids is 1. The van der Waals surface area contributed by atoms with E-state index < -0.39 is 5.91 Å². The molecule has 2 N–H and O–H groups in total. The summed E-state index contributed by atoms with van der Waals surface area (Å²) in [4.78, 5) is 10.8. The third-order valence-corrected chi connectivity index (χ3v) is 1.78. The van der Waals surface area contributed by atoms with Crippen molar-refractivity contribution in [3.8, 4) is 11.8 Å². The van der Waals surface area contributed by atoms with E-state index in [-0.39, 0.29) is 0 Å². The number of benzene rings is 1. The molecule has 0 atom stereocenters. The van der Waals surface area contributed by atoms with Gasteiger partial charge in [-0.1, -0.05) is 18.8 Å². The zero-order valence-corrected chi connectivity index (χ0v) is 8.21. The van der Waals surface area contributed by atoms with E-state index in [4.69, 9.17) is 5.73 Å². The van der Waals surface area contributed by atoms with Crippen molar-refractivity contribution >= 4 is 5.91 Å². The van der Waals surface area contributed by atoms with Gasteiger partial charge >= 0.3 is 0 Å². The summed E-state index contributed by atoms with van der Waals surface area (Å²) < 4.78 is 0. The fourth-order valence-corrected chi connectivity index (χ4v) is 1.01. The molecule has 0 saturated heterocycles. The van der Waals surface area contributed by atoms with E-state index in [2.05, 4.69) is 18.8 Å². The molecule has 0 aliphatic heterocycles. The maximum Gasteiger partial charge on any atom is 0.248 e. The van der Waals surface area contributed by atoms with Crippen LogP contribution in [0.1, 0.15) is 35.7 Å². The highest BCUT2D eigenvalue weighted by atomic mass is 16.1. The Hall–Kier alpha value is -1.75. The molecule has 0 aromatic heterocycles. The van der Waals surface area contributed by atoms with Crippen LogP contribution in [0.2, 0.25) is 0 Å². The lowest BCUT2D eigenvalue weighted by atomic mass is 10.1. The minimum Gasteiger partial charge on any atom is -0.366 e. The maximum atomic E-state index is 10.8. The predicted octanol–water partition coefficient (Wildman–Crippen LogP) is 1.94. The van der Waals surface area contributed by atoms with Gasteiger partial charge in [0.1, 0.15) is 0 Å². The van der Waals surface area contributed by atoms with Crippen LogP contribution in [-0.2, 0) is 0 Å². The molecule has 1 aromatic carbocycles. The molecular weight excluding hydrogens is 174 g/mol. The Morgan fingerprint density at radius 3 is 2.50 bits per heavy atom. The average molecular weight is 187 g/mol. The van der Waals surface area contributed by atoms with Gasteiger partial charge in [-0.3, -0.25) is 4.79 Å². The van der Waals surface area contributed by atoms with Gasteiger partial charge in [0.2, 0.25) is 5.91 Å². The van der Waals surface area contributed by atoms with Crippen molar-refractivity contribution in [2.24, 2.45) is 5.73 Å². The first-order chi connectivity index (χ1) is 6.74. The summed E-state index contributed by atoms with van der Waals surface area (Å²) in [5.74, 6) is 5.64. The molecular formula is C12H13NO. The summed E-state index contributed by atoms with van der Waals surface area (Å²) in [5, 5.41) is 0. The van der Waals surface area contributed by atoms with Crippen molar-refractivity contribution in [2.45, 2.75) is 19.8 Å². The molecule has 2 nitrogen and oxygen atoms in total. The van der Waals surface area contributed by atoms with Crippen LogP contribution in [0.3, 0.4) is 0 Å². The number of amides is 1. The molecule has 1 rings (SSSR count). The van der Waals surface area contributed by atoms with E-state index in [9.17, 15) is 4.79 Å². The fourth-order valence-electron chi connectivity index (χ4n) is 1.01. The van der Waals surface area contributed by atoms with Crippen LogP contribution in [-0.4, -0.2) is 5.91 Å². The Kier molecular flexibility index (Phi) is 3.75. The SMILES string of the molecule is CCCC#Cc1ccc(C(N)=O)cc1. The van der Waals surface area contributed by atoms with Gasteiger partial charge in [0.05, 0.1) is 0 Å². The monoisotopic (exact) mass is 187 g/mol. The summed E-state index contributed by atoms with van der Waals surface area (Å²) >= 11 is 0. The van der Waals surface area contributed by atoms with Crippen molar-refractivity contribution in [1.82, 2.24) is 0 Å². The standard InChI is InChI=1S/C12H13NO/c1-2-3-4-5-10-6-8-11(9-7-10)12(13)14/h6-9H,2-3H2,1H3,(H2,13,14). The number of carbonyl (C=O) groups is 1. The third kappa shape index (κ3) is 2.95. The van der Waals surface area contributed by atoms with Gasteiger partial charge in [-0.15, -0.1) is 0 Å². The zero-order chi connectivity index (χ0) is 10.4. The molecule has 1 amide bonds. The minimum atomic E-state index is -0.405. The van der Waals surface area contributed by atoms with Crippen LogP contribution in [0.15, 0.2) is 24.3 Å². The van der Waals surface area contributed by atoms with Crippen LogP contribution < -0.4 is 5.73 Å². The summed E-state index contributed by atoms with van der Waals surface area (Å²) in [6.45, 7) is 2.09. The number of rotatable bonds is 2. The first-order valence-corrected chi connectivity index (χ1v) is 4.62. The number of hydrogen-bond donors (Lipinski definition) is 1. The molecule has 0 saturated carbocycles. The van der Waals surface area contributed by atoms with Gasteiger partial charge in [0, 0.05) is 17.5 Å². The molecule has 0 aliphatic rings. The molecule has 0 radical (unpaired) electrons. The first-order valence-electron chi connectivity index (χ1n) is 4.62. The first kappa shape index (κ1) is 10.3. The lowest BCUT2D eigenvalue weighted by Crippen LogP contribution is -2.10. The number of unbranched alkanes of at least 4 members (excludes halogenated alkanes) is 1. The van der Waals surface area contributed by atoms with E-state index in [0.29, 0.717) is 5.56 Å². The molecule has 14 heavy (non-hydrogen) atoms. The van der Waals surface area contributed by atoms with Crippen molar-refractivity contribution < 1.29 is 4.79 Å². The van der Waals surface area contributed by atoms with Crippen LogP contribution >= 0.6 is 0 Å². The molecule has 0 aliphatic carbocycles. The van der Waals surface area contributed by atoms with Gasteiger partial charge < -0.3 is 5.73 Å². The van der Waals surface area contributed by atoms with E-state index >= 15 is 0 Å². The third-order valence-electron chi connectivity index (χ3n) is 1.78. The summed E-state index contributed by atoms with van der Waals surface area (Å²) in [7, 11) is 0. The molecule has 72 valence electrons. The fraction of sp³-hybridized carbons (Fsp3) is 0.250. The highest BCUT2D eigenvalue weighted by molar-refractivity contribution is 5.92. The van der Waals surface area contributed by atoms with Crippen molar-refractivity contribution in [3.63, 3.8) is 0 Å². The van der Waals surface area contributed by atoms with Gasteiger partial charge in [-0.25, -0.2) is 0 Å². The molecule has 0 unspecified atom stereocenters. The number of nitrogens with two attached hydrogens (primary N) is 1. The maximum absolute atomic E-state index is 10.8.